The van der Waals surface area contributed by atoms with E-state index in [9.17, 15) is 4.79 Å². The summed E-state index contributed by atoms with van der Waals surface area (Å²) in [6, 6.07) is 14.6. The van der Waals surface area contributed by atoms with E-state index in [1.807, 2.05) is 30.3 Å². The maximum atomic E-state index is 12.6. The third-order valence-electron chi connectivity index (χ3n) is 4.60. The molecule has 2 heterocycles. The lowest BCUT2D eigenvalue weighted by atomic mass is 10.0. The van der Waals surface area contributed by atoms with Crippen LogP contribution in [-0.2, 0) is 16.2 Å². The lowest BCUT2D eigenvalue weighted by molar-refractivity contribution is -0.125. The predicted octanol–water partition coefficient (Wildman–Crippen LogP) is 4.38. The Morgan fingerprint density at radius 3 is 2.87 bits per heavy atom. The third kappa shape index (κ3) is 4.42. The van der Waals surface area contributed by atoms with Gasteiger partial charge in [-0.25, -0.2) is 0 Å². The van der Waals surface area contributed by atoms with Gasteiger partial charge in [0.05, 0.1) is 29.4 Å². The molecule has 3 aromatic rings. The number of carbonyl (C=O) groups is 1. The van der Waals surface area contributed by atoms with Gasteiger partial charge in [-0.15, -0.1) is 0 Å². The van der Waals surface area contributed by atoms with Crippen molar-refractivity contribution in [1.82, 2.24) is 9.78 Å². The van der Waals surface area contributed by atoms with Crippen molar-refractivity contribution >= 4 is 40.6 Å². The summed E-state index contributed by atoms with van der Waals surface area (Å²) in [6.45, 7) is 0.494. The summed E-state index contributed by atoms with van der Waals surface area (Å²) in [5, 5.41) is 12.2. The summed E-state index contributed by atoms with van der Waals surface area (Å²) in [5.74, 6) is 0.791. The van der Waals surface area contributed by atoms with Crippen molar-refractivity contribution in [3.05, 3.63) is 75.9 Å². The van der Waals surface area contributed by atoms with Crippen molar-refractivity contribution in [2.75, 3.05) is 12.4 Å². The predicted molar refractivity (Wildman–Crippen MR) is 115 cm³/mol. The highest BCUT2D eigenvalue weighted by atomic mass is 35.5. The lowest BCUT2D eigenvalue weighted by Gasteiger charge is -2.08. The molecule has 1 aliphatic rings. The van der Waals surface area contributed by atoms with E-state index in [1.165, 1.54) is 0 Å². The summed E-state index contributed by atoms with van der Waals surface area (Å²) < 4.78 is 7.05. The number of halogens is 2. The molecule has 1 amide bonds. The van der Waals surface area contributed by atoms with Crippen LogP contribution in [0.4, 0.5) is 5.82 Å². The number of carbonyl (C=O) groups excluding carboxylic acids is 1. The van der Waals surface area contributed by atoms with Gasteiger partial charge in [0, 0.05) is 24.2 Å². The fourth-order valence-electron chi connectivity index (χ4n) is 3.11. The zero-order chi connectivity index (χ0) is 21.1. The van der Waals surface area contributed by atoms with Crippen LogP contribution in [0.1, 0.15) is 17.5 Å². The van der Waals surface area contributed by atoms with E-state index >= 15 is 0 Å². The average Bonchev–Trinajstić information content (AvgIpc) is 3.40. The van der Waals surface area contributed by atoms with Crippen molar-refractivity contribution in [2.24, 2.45) is 5.16 Å². The molecule has 9 heteroatoms. The van der Waals surface area contributed by atoms with Gasteiger partial charge in [0.25, 0.3) is 5.91 Å². The fraction of sp³-hybridized carbons (Fsp3) is 0.190. The number of nitrogens with one attached hydrogen (secondary N) is 1. The number of rotatable bonds is 6. The van der Waals surface area contributed by atoms with E-state index in [0.717, 1.165) is 11.1 Å². The molecule has 0 aliphatic carbocycles. The number of amides is 1. The van der Waals surface area contributed by atoms with E-state index in [0.29, 0.717) is 40.3 Å². The van der Waals surface area contributed by atoms with Crippen molar-refractivity contribution in [3.63, 3.8) is 0 Å². The highest BCUT2D eigenvalue weighted by molar-refractivity contribution is 6.42. The van der Waals surface area contributed by atoms with E-state index < -0.39 is 6.10 Å². The maximum Gasteiger partial charge on any atom is 0.269 e. The van der Waals surface area contributed by atoms with Gasteiger partial charge in [-0.3, -0.25) is 9.48 Å². The van der Waals surface area contributed by atoms with Crippen LogP contribution in [0.5, 0.6) is 5.75 Å². The number of para-hydroxylation sites is 1. The van der Waals surface area contributed by atoms with Crippen LogP contribution in [0.2, 0.25) is 10.0 Å². The zero-order valence-electron chi connectivity index (χ0n) is 16.0. The Morgan fingerprint density at radius 2 is 2.07 bits per heavy atom. The largest absolute Gasteiger partial charge is 0.496 e. The number of hydrogen-bond acceptors (Lipinski definition) is 5. The highest BCUT2D eigenvalue weighted by Crippen LogP contribution is 2.25. The Bertz CT molecular complexity index is 1110. The second-order valence-electron chi connectivity index (χ2n) is 6.67. The maximum absolute atomic E-state index is 12.6. The van der Waals surface area contributed by atoms with Crippen LogP contribution >= 0.6 is 23.2 Å². The van der Waals surface area contributed by atoms with Crippen LogP contribution in [0.25, 0.3) is 0 Å². The number of nitrogens with zero attached hydrogens (tertiary/aromatic N) is 3. The number of oxime groups is 1. The summed E-state index contributed by atoms with van der Waals surface area (Å²) >= 11 is 12.0. The van der Waals surface area contributed by atoms with Gasteiger partial charge in [0.15, 0.2) is 5.82 Å². The van der Waals surface area contributed by atoms with E-state index in [1.54, 1.807) is 36.2 Å². The molecule has 1 atom stereocenters. The molecule has 154 valence electrons. The van der Waals surface area contributed by atoms with Crippen molar-refractivity contribution in [1.29, 1.82) is 0 Å². The fourth-order valence-corrected chi connectivity index (χ4v) is 3.43. The second kappa shape index (κ2) is 8.77. The highest BCUT2D eigenvalue weighted by Gasteiger charge is 2.30. The van der Waals surface area contributed by atoms with Gasteiger partial charge in [-0.1, -0.05) is 46.6 Å². The molecule has 0 saturated carbocycles. The molecule has 30 heavy (non-hydrogen) atoms. The van der Waals surface area contributed by atoms with Crippen molar-refractivity contribution < 1.29 is 14.4 Å². The molecule has 1 unspecified atom stereocenters. The van der Waals surface area contributed by atoms with Gasteiger partial charge in [-0.2, -0.15) is 5.10 Å². The van der Waals surface area contributed by atoms with E-state index in [-0.39, 0.29) is 5.91 Å². The minimum absolute atomic E-state index is 0.316. The number of ether oxygens (including phenoxy) is 1. The average molecular weight is 445 g/mol. The quantitative estimate of drug-likeness (QED) is 0.611. The van der Waals surface area contributed by atoms with E-state index in [2.05, 4.69) is 15.6 Å². The number of benzene rings is 2. The van der Waals surface area contributed by atoms with Gasteiger partial charge < -0.3 is 14.9 Å². The Balaban J connectivity index is 1.36. The smallest absolute Gasteiger partial charge is 0.269 e. The lowest BCUT2D eigenvalue weighted by Crippen LogP contribution is -2.28. The van der Waals surface area contributed by atoms with Crippen LogP contribution in [0.15, 0.2) is 59.9 Å². The first kappa shape index (κ1) is 20.3. The first-order valence-electron chi connectivity index (χ1n) is 9.18. The summed E-state index contributed by atoms with van der Waals surface area (Å²) in [4.78, 5) is 17.9. The van der Waals surface area contributed by atoms with Gasteiger partial charge in [0.2, 0.25) is 6.10 Å². The Labute approximate surface area is 183 Å². The van der Waals surface area contributed by atoms with Crippen LogP contribution in [-0.4, -0.2) is 34.6 Å². The van der Waals surface area contributed by atoms with Gasteiger partial charge >= 0.3 is 0 Å². The molecule has 0 radical (unpaired) electrons. The number of methoxy groups -OCH3 is 1. The Kier molecular flexibility index (Phi) is 5.92. The molecule has 1 aromatic heterocycles. The Hall–Kier alpha value is -3.03. The summed E-state index contributed by atoms with van der Waals surface area (Å²) in [7, 11) is 1.59. The molecule has 0 bridgehead atoms. The molecule has 2 aromatic carbocycles. The summed E-state index contributed by atoms with van der Waals surface area (Å²) in [5.41, 5.74) is 2.42. The topological polar surface area (TPSA) is 77.7 Å². The van der Waals surface area contributed by atoms with Gasteiger partial charge in [-0.05, 0) is 29.8 Å². The van der Waals surface area contributed by atoms with E-state index in [4.69, 9.17) is 32.8 Å². The van der Waals surface area contributed by atoms with Gasteiger partial charge in [0.1, 0.15) is 5.75 Å². The first-order valence-corrected chi connectivity index (χ1v) is 9.93. The molecular weight excluding hydrogens is 427 g/mol. The monoisotopic (exact) mass is 444 g/mol. The molecular formula is C21H18Cl2N4O3. The molecule has 0 spiro atoms. The van der Waals surface area contributed by atoms with Crippen molar-refractivity contribution in [2.45, 2.75) is 19.1 Å². The molecule has 1 N–H and O–H groups in total. The third-order valence-corrected chi connectivity index (χ3v) is 5.34. The standard InChI is InChI=1S/C21H18Cl2N4O3/c1-29-18-5-3-2-4-14(18)17-11-19(30-26-17)21(28)24-20-8-9-27(25-20)12-13-6-7-15(22)16(23)10-13/h2-10,19H,11-12H2,1H3,(H,24,25,28). The number of hydrogen-bond donors (Lipinski definition) is 1. The Morgan fingerprint density at radius 1 is 1.23 bits per heavy atom. The first-order chi connectivity index (χ1) is 14.5. The SMILES string of the molecule is COc1ccccc1C1=NOC(C(=O)Nc2ccn(Cc3ccc(Cl)c(Cl)c3)n2)C1. The number of anilines is 1. The second-order valence-corrected chi connectivity index (χ2v) is 7.49. The molecule has 1 aliphatic heterocycles. The van der Waals surface area contributed by atoms with Crippen LogP contribution in [0.3, 0.4) is 0 Å². The van der Waals surface area contributed by atoms with Crippen LogP contribution in [0, 0.1) is 0 Å². The zero-order valence-corrected chi connectivity index (χ0v) is 17.5. The number of aromatic nitrogens is 2. The summed E-state index contributed by atoms with van der Waals surface area (Å²) in [6.07, 6.45) is 1.38. The minimum atomic E-state index is -0.731. The molecule has 4 rings (SSSR count). The molecule has 0 saturated heterocycles. The molecule has 0 fully saturated rings. The molecule has 7 nitrogen and oxygen atoms in total. The van der Waals surface area contributed by atoms with Crippen molar-refractivity contribution in [3.8, 4) is 5.75 Å². The normalized spacial score (nSPS) is 15.4. The van der Waals surface area contributed by atoms with Crippen LogP contribution < -0.4 is 10.1 Å². The minimum Gasteiger partial charge on any atom is -0.496 e.